The standard InChI is InChI=1S/C17H22N4O3/c22-15-7-10-21(9-3-1-2-8-18-15)17(24)20-14-6-4-5-12-13(14)11-19-16(12)23/h4-6H,1-3,7-11H2,(H,18,22)(H,19,23)(H,20,24). The van der Waals surface area contributed by atoms with Crippen molar-refractivity contribution in [2.24, 2.45) is 0 Å². The third kappa shape index (κ3) is 3.67. The van der Waals surface area contributed by atoms with Crippen molar-refractivity contribution in [1.82, 2.24) is 15.5 Å². The summed E-state index contributed by atoms with van der Waals surface area (Å²) < 4.78 is 0. The molecule has 0 bridgehead atoms. The lowest BCUT2D eigenvalue weighted by atomic mass is 10.1. The van der Waals surface area contributed by atoms with Crippen LogP contribution in [-0.4, -0.2) is 42.4 Å². The summed E-state index contributed by atoms with van der Waals surface area (Å²) in [6, 6.07) is 5.08. The van der Waals surface area contributed by atoms with Crippen LogP contribution in [0.2, 0.25) is 0 Å². The van der Waals surface area contributed by atoms with Crippen LogP contribution in [0.15, 0.2) is 18.2 Å². The Hall–Kier alpha value is -2.57. The quantitative estimate of drug-likeness (QED) is 0.728. The number of hydrogen-bond donors (Lipinski definition) is 3. The first kappa shape index (κ1) is 16.3. The highest BCUT2D eigenvalue weighted by Gasteiger charge is 2.23. The van der Waals surface area contributed by atoms with Gasteiger partial charge in [0.2, 0.25) is 5.91 Å². The SMILES string of the molecule is O=C1CCN(C(=O)Nc2cccc3c2CNC3=O)CCCCCN1. The first-order valence-electron chi connectivity index (χ1n) is 8.38. The molecule has 0 aliphatic carbocycles. The highest BCUT2D eigenvalue weighted by Crippen LogP contribution is 2.24. The summed E-state index contributed by atoms with van der Waals surface area (Å²) in [5.41, 5.74) is 2.07. The Morgan fingerprint density at radius 1 is 1.08 bits per heavy atom. The predicted molar refractivity (Wildman–Crippen MR) is 89.7 cm³/mol. The third-order valence-electron chi connectivity index (χ3n) is 4.41. The second kappa shape index (κ2) is 7.33. The lowest BCUT2D eigenvalue weighted by Gasteiger charge is -2.24. The number of anilines is 1. The first-order valence-corrected chi connectivity index (χ1v) is 8.38. The van der Waals surface area contributed by atoms with E-state index in [1.807, 2.05) is 0 Å². The van der Waals surface area contributed by atoms with Crippen LogP contribution in [0.25, 0.3) is 0 Å². The number of carbonyl (C=O) groups excluding carboxylic acids is 3. The molecule has 7 nitrogen and oxygen atoms in total. The second-order valence-corrected chi connectivity index (χ2v) is 6.09. The van der Waals surface area contributed by atoms with Gasteiger partial charge in [-0.25, -0.2) is 4.79 Å². The van der Waals surface area contributed by atoms with Crippen molar-refractivity contribution < 1.29 is 14.4 Å². The van der Waals surface area contributed by atoms with Gasteiger partial charge < -0.3 is 20.9 Å². The molecule has 4 amide bonds. The minimum absolute atomic E-state index is 0.0231. The van der Waals surface area contributed by atoms with Crippen LogP contribution in [0.5, 0.6) is 0 Å². The molecule has 1 aromatic rings. The Balaban J connectivity index is 1.69. The average molecular weight is 330 g/mol. The van der Waals surface area contributed by atoms with Crippen molar-refractivity contribution in [3.8, 4) is 0 Å². The number of amides is 4. The average Bonchev–Trinajstić information content (AvgIpc) is 2.96. The summed E-state index contributed by atoms with van der Waals surface area (Å²) in [7, 11) is 0. The highest BCUT2D eigenvalue weighted by molar-refractivity contribution is 6.01. The van der Waals surface area contributed by atoms with E-state index in [0.29, 0.717) is 43.9 Å². The first-order chi connectivity index (χ1) is 11.6. The number of nitrogens with zero attached hydrogens (tertiary/aromatic N) is 1. The zero-order valence-electron chi connectivity index (χ0n) is 13.6. The zero-order chi connectivity index (χ0) is 16.9. The van der Waals surface area contributed by atoms with Gasteiger partial charge in [0.15, 0.2) is 0 Å². The van der Waals surface area contributed by atoms with E-state index in [2.05, 4.69) is 16.0 Å². The fraction of sp³-hybridized carbons (Fsp3) is 0.471. The van der Waals surface area contributed by atoms with Gasteiger partial charge in [-0.3, -0.25) is 9.59 Å². The Labute approximate surface area is 140 Å². The van der Waals surface area contributed by atoms with Crippen LogP contribution in [0.4, 0.5) is 10.5 Å². The van der Waals surface area contributed by atoms with Gasteiger partial charge in [0.05, 0.1) is 0 Å². The molecule has 0 radical (unpaired) electrons. The van der Waals surface area contributed by atoms with Crippen molar-refractivity contribution >= 4 is 23.5 Å². The molecule has 0 unspecified atom stereocenters. The Bertz CT molecular complexity index is 659. The number of carbonyl (C=O) groups is 3. The van der Waals surface area contributed by atoms with Crippen LogP contribution < -0.4 is 16.0 Å². The lowest BCUT2D eigenvalue weighted by molar-refractivity contribution is -0.121. The van der Waals surface area contributed by atoms with E-state index in [0.717, 1.165) is 24.8 Å². The molecule has 2 aliphatic rings. The highest BCUT2D eigenvalue weighted by atomic mass is 16.2. The molecule has 0 atom stereocenters. The summed E-state index contributed by atoms with van der Waals surface area (Å²) >= 11 is 0. The van der Waals surface area contributed by atoms with Gasteiger partial charge >= 0.3 is 6.03 Å². The van der Waals surface area contributed by atoms with Crippen LogP contribution in [0, 0.1) is 0 Å². The Morgan fingerprint density at radius 3 is 2.83 bits per heavy atom. The minimum Gasteiger partial charge on any atom is -0.356 e. The largest absolute Gasteiger partial charge is 0.356 e. The van der Waals surface area contributed by atoms with Crippen LogP contribution in [0.3, 0.4) is 0 Å². The van der Waals surface area contributed by atoms with Crippen LogP contribution in [-0.2, 0) is 11.3 Å². The molecular weight excluding hydrogens is 308 g/mol. The fourth-order valence-corrected chi connectivity index (χ4v) is 3.04. The van der Waals surface area contributed by atoms with Gasteiger partial charge in [0.25, 0.3) is 5.91 Å². The number of nitrogens with one attached hydrogen (secondary N) is 3. The molecule has 0 spiro atoms. The van der Waals surface area contributed by atoms with Gasteiger partial charge in [-0.05, 0) is 31.4 Å². The summed E-state index contributed by atoms with van der Waals surface area (Å²) in [4.78, 5) is 37.7. The summed E-state index contributed by atoms with van der Waals surface area (Å²) in [6.07, 6.45) is 3.13. The van der Waals surface area contributed by atoms with Gasteiger partial charge in [-0.1, -0.05) is 6.07 Å². The molecule has 24 heavy (non-hydrogen) atoms. The van der Waals surface area contributed by atoms with Crippen molar-refractivity contribution in [3.63, 3.8) is 0 Å². The maximum absolute atomic E-state index is 12.6. The number of benzene rings is 1. The number of urea groups is 1. The molecule has 1 saturated heterocycles. The molecule has 2 heterocycles. The summed E-state index contributed by atoms with van der Waals surface area (Å²) in [5.74, 6) is -0.137. The predicted octanol–water partition coefficient (Wildman–Crippen LogP) is 1.45. The maximum Gasteiger partial charge on any atom is 0.321 e. The smallest absolute Gasteiger partial charge is 0.321 e. The minimum atomic E-state index is -0.226. The van der Waals surface area contributed by atoms with E-state index in [-0.39, 0.29) is 17.8 Å². The van der Waals surface area contributed by atoms with E-state index in [9.17, 15) is 14.4 Å². The molecular formula is C17H22N4O3. The molecule has 3 N–H and O–H groups in total. The van der Waals surface area contributed by atoms with Crippen molar-refractivity contribution in [3.05, 3.63) is 29.3 Å². The van der Waals surface area contributed by atoms with Crippen LogP contribution >= 0.6 is 0 Å². The monoisotopic (exact) mass is 330 g/mol. The summed E-state index contributed by atoms with van der Waals surface area (Å²) in [6.45, 7) is 2.16. The van der Waals surface area contributed by atoms with Gasteiger partial charge in [0, 0.05) is 49.4 Å². The number of fused-ring (bicyclic) bond motifs is 1. The van der Waals surface area contributed by atoms with Crippen molar-refractivity contribution in [2.45, 2.75) is 32.2 Å². The topological polar surface area (TPSA) is 90.5 Å². The van der Waals surface area contributed by atoms with E-state index in [4.69, 9.17) is 0 Å². The van der Waals surface area contributed by atoms with Gasteiger partial charge in [-0.2, -0.15) is 0 Å². The maximum atomic E-state index is 12.6. The molecule has 128 valence electrons. The summed E-state index contributed by atoms with van der Waals surface area (Å²) in [5, 5.41) is 8.51. The third-order valence-corrected chi connectivity index (χ3v) is 4.41. The van der Waals surface area contributed by atoms with Crippen molar-refractivity contribution in [1.29, 1.82) is 0 Å². The normalized spacial score (nSPS) is 18.4. The van der Waals surface area contributed by atoms with E-state index >= 15 is 0 Å². The van der Waals surface area contributed by atoms with E-state index in [1.54, 1.807) is 23.1 Å². The molecule has 1 fully saturated rings. The zero-order valence-corrected chi connectivity index (χ0v) is 13.6. The molecule has 7 heteroatoms. The molecule has 3 rings (SSSR count). The van der Waals surface area contributed by atoms with E-state index < -0.39 is 0 Å². The van der Waals surface area contributed by atoms with E-state index in [1.165, 1.54) is 0 Å². The van der Waals surface area contributed by atoms with Gasteiger partial charge in [0.1, 0.15) is 0 Å². The molecule has 2 aliphatic heterocycles. The van der Waals surface area contributed by atoms with Crippen LogP contribution in [0.1, 0.15) is 41.6 Å². The van der Waals surface area contributed by atoms with Gasteiger partial charge in [-0.15, -0.1) is 0 Å². The Kier molecular flexibility index (Phi) is 4.98. The molecule has 1 aromatic carbocycles. The fourth-order valence-electron chi connectivity index (χ4n) is 3.04. The number of hydrogen-bond acceptors (Lipinski definition) is 3. The Morgan fingerprint density at radius 2 is 1.96 bits per heavy atom. The molecule has 0 aromatic heterocycles. The lowest BCUT2D eigenvalue weighted by Crippen LogP contribution is -2.39. The molecule has 0 saturated carbocycles. The second-order valence-electron chi connectivity index (χ2n) is 6.09. The number of rotatable bonds is 1. The van der Waals surface area contributed by atoms with Crippen molar-refractivity contribution in [2.75, 3.05) is 25.0 Å².